The van der Waals surface area contributed by atoms with E-state index in [1.807, 2.05) is 30.3 Å². The van der Waals surface area contributed by atoms with Gasteiger partial charge in [-0.2, -0.15) is 0 Å². The van der Waals surface area contributed by atoms with E-state index in [0.29, 0.717) is 23.1 Å². The maximum atomic E-state index is 11.6. The molecule has 0 radical (unpaired) electrons. The number of benzene rings is 2. The molecule has 0 saturated carbocycles. The molecular formula is C19H17ClN2O3. The average molecular weight is 357 g/mol. The number of carbonyl (C=O) groups is 1. The Hall–Kier alpha value is -2.63. The second-order valence-electron chi connectivity index (χ2n) is 5.64. The van der Waals surface area contributed by atoms with Crippen molar-refractivity contribution in [2.24, 2.45) is 0 Å². The third-order valence-electron chi connectivity index (χ3n) is 3.85. The summed E-state index contributed by atoms with van der Waals surface area (Å²) in [7, 11) is 0. The predicted octanol–water partition coefficient (Wildman–Crippen LogP) is 3.61. The van der Waals surface area contributed by atoms with Gasteiger partial charge in [-0.15, -0.1) is 11.6 Å². The fraction of sp³-hybridized carbons (Fsp3) is 0.158. The number of aliphatic hydroxyl groups is 1. The summed E-state index contributed by atoms with van der Waals surface area (Å²) in [6.45, 7) is 0.361. The Morgan fingerprint density at radius 2 is 1.88 bits per heavy atom. The van der Waals surface area contributed by atoms with E-state index in [1.165, 1.54) is 0 Å². The first-order chi connectivity index (χ1) is 12.1. The summed E-state index contributed by atoms with van der Waals surface area (Å²) in [5.41, 5.74) is 3.13. The molecule has 0 spiro atoms. The summed E-state index contributed by atoms with van der Waals surface area (Å²) in [5.74, 6) is -0.808. The molecule has 128 valence electrons. The van der Waals surface area contributed by atoms with Gasteiger partial charge in [-0.1, -0.05) is 30.3 Å². The zero-order valence-corrected chi connectivity index (χ0v) is 14.1. The lowest BCUT2D eigenvalue weighted by Gasteiger charge is -2.11. The molecule has 5 nitrogen and oxygen atoms in total. The number of para-hydroxylation sites is 1. The molecule has 0 amide bonds. The summed E-state index contributed by atoms with van der Waals surface area (Å²) < 4.78 is 0. The molecule has 0 fully saturated rings. The molecule has 6 heteroatoms. The molecule has 25 heavy (non-hydrogen) atoms. The standard InChI is InChI=1S/C19H17ClN2O3/c20-10-14(23)11-21-13-7-5-12(6-8-13)18-9-16(19(24)25)15-3-1-2-4-17(15)22-18/h1-9,14,21,23H,10-11H2,(H,24,25). The molecule has 2 aromatic carbocycles. The maximum Gasteiger partial charge on any atom is 0.336 e. The number of carboxylic acid groups (broad SMARTS) is 1. The summed E-state index contributed by atoms with van der Waals surface area (Å²) in [5, 5.41) is 22.6. The highest BCUT2D eigenvalue weighted by Gasteiger charge is 2.12. The Kier molecular flexibility index (Phi) is 5.16. The molecule has 0 aliphatic rings. The molecule has 0 aliphatic heterocycles. The van der Waals surface area contributed by atoms with E-state index in [-0.39, 0.29) is 11.4 Å². The van der Waals surface area contributed by atoms with Crippen LogP contribution in [-0.4, -0.2) is 39.7 Å². The fourth-order valence-electron chi connectivity index (χ4n) is 2.55. The number of rotatable bonds is 6. The lowest BCUT2D eigenvalue weighted by atomic mass is 10.0. The number of pyridine rings is 1. The van der Waals surface area contributed by atoms with Crippen LogP contribution >= 0.6 is 11.6 Å². The number of carboxylic acids is 1. The Bertz CT molecular complexity index is 897. The molecule has 0 aliphatic carbocycles. The van der Waals surface area contributed by atoms with Crippen molar-refractivity contribution in [2.75, 3.05) is 17.7 Å². The summed E-state index contributed by atoms with van der Waals surface area (Å²) in [4.78, 5) is 16.1. The van der Waals surface area contributed by atoms with Gasteiger partial charge in [-0.05, 0) is 24.3 Å². The number of anilines is 1. The predicted molar refractivity (Wildman–Crippen MR) is 99.4 cm³/mol. The van der Waals surface area contributed by atoms with Crippen molar-refractivity contribution < 1.29 is 15.0 Å². The highest BCUT2D eigenvalue weighted by atomic mass is 35.5. The molecule has 1 unspecified atom stereocenters. The molecular weight excluding hydrogens is 340 g/mol. The molecule has 1 heterocycles. The monoisotopic (exact) mass is 356 g/mol. The van der Waals surface area contributed by atoms with Crippen LogP contribution in [0.3, 0.4) is 0 Å². The Labute approximate surface area is 149 Å². The normalized spacial score (nSPS) is 12.1. The van der Waals surface area contributed by atoms with Gasteiger partial charge in [-0.25, -0.2) is 9.78 Å². The van der Waals surface area contributed by atoms with Gasteiger partial charge in [0.25, 0.3) is 0 Å². The van der Waals surface area contributed by atoms with Crippen molar-refractivity contribution in [1.82, 2.24) is 4.98 Å². The van der Waals surface area contributed by atoms with Gasteiger partial charge in [0.2, 0.25) is 0 Å². The molecule has 3 rings (SSSR count). The van der Waals surface area contributed by atoms with E-state index in [0.717, 1.165) is 11.3 Å². The van der Waals surface area contributed by atoms with Gasteiger partial charge < -0.3 is 15.5 Å². The van der Waals surface area contributed by atoms with Crippen molar-refractivity contribution in [3.05, 3.63) is 60.2 Å². The largest absolute Gasteiger partial charge is 0.478 e. The van der Waals surface area contributed by atoms with Gasteiger partial charge in [0.15, 0.2) is 0 Å². The molecule has 3 N–H and O–H groups in total. The highest BCUT2D eigenvalue weighted by Crippen LogP contribution is 2.26. The maximum absolute atomic E-state index is 11.6. The Balaban J connectivity index is 1.92. The lowest BCUT2D eigenvalue weighted by Crippen LogP contribution is -2.20. The van der Waals surface area contributed by atoms with E-state index in [2.05, 4.69) is 10.3 Å². The number of aromatic nitrogens is 1. The smallest absolute Gasteiger partial charge is 0.336 e. The third kappa shape index (κ3) is 3.90. The minimum atomic E-state index is -0.979. The van der Waals surface area contributed by atoms with E-state index in [4.69, 9.17) is 11.6 Å². The van der Waals surface area contributed by atoms with Gasteiger partial charge in [-0.3, -0.25) is 0 Å². The van der Waals surface area contributed by atoms with Crippen LogP contribution in [0.15, 0.2) is 54.6 Å². The number of aromatic carboxylic acids is 1. The van der Waals surface area contributed by atoms with E-state index in [1.54, 1.807) is 24.3 Å². The molecule has 0 bridgehead atoms. The number of nitrogens with one attached hydrogen (secondary N) is 1. The number of aliphatic hydroxyl groups excluding tert-OH is 1. The zero-order valence-electron chi connectivity index (χ0n) is 13.3. The van der Waals surface area contributed by atoms with Crippen molar-refractivity contribution in [3.63, 3.8) is 0 Å². The fourth-order valence-corrected chi connectivity index (χ4v) is 2.66. The van der Waals surface area contributed by atoms with Gasteiger partial charge >= 0.3 is 5.97 Å². The van der Waals surface area contributed by atoms with Crippen LogP contribution in [0.25, 0.3) is 22.2 Å². The van der Waals surface area contributed by atoms with Crippen molar-refractivity contribution >= 4 is 34.2 Å². The molecule has 1 atom stereocenters. The molecule has 3 aromatic rings. The van der Waals surface area contributed by atoms with Crippen LogP contribution in [0.5, 0.6) is 0 Å². The first-order valence-electron chi connectivity index (χ1n) is 7.80. The number of hydrogen-bond donors (Lipinski definition) is 3. The summed E-state index contributed by atoms with van der Waals surface area (Å²) in [6, 6.07) is 16.2. The number of halogens is 1. The number of hydrogen-bond acceptors (Lipinski definition) is 4. The summed E-state index contributed by atoms with van der Waals surface area (Å²) in [6.07, 6.45) is -0.610. The average Bonchev–Trinajstić information content (AvgIpc) is 2.65. The highest BCUT2D eigenvalue weighted by molar-refractivity contribution is 6.18. The van der Waals surface area contributed by atoms with Crippen LogP contribution in [0.4, 0.5) is 5.69 Å². The Morgan fingerprint density at radius 3 is 2.56 bits per heavy atom. The van der Waals surface area contributed by atoms with E-state index >= 15 is 0 Å². The first-order valence-corrected chi connectivity index (χ1v) is 8.33. The van der Waals surface area contributed by atoms with E-state index < -0.39 is 12.1 Å². The summed E-state index contributed by atoms with van der Waals surface area (Å²) >= 11 is 5.57. The number of fused-ring (bicyclic) bond motifs is 1. The van der Waals surface area contributed by atoms with Crippen LogP contribution < -0.4 is 5.32 Å². The lowest BCUT2D eigenvalue weighted by molar-refractivity contribution is 0.0699. The second kappa shape index (κ2) is 7.51. The van der Waals surface area contributed by atoms with Gasteiger partial charge in [0.1, 0.15) is 0 Å². The Morgan fingerprint density at radius 1 is 1.16 bits per heavy atom. The van der Waals surface area contributed by atoms with Crippen LogP contribution in [0.2, 0.25) is 0 Å². The van der Waals surface area contributed by atoms with E-state index in [9.17, 15) is 15.0 Å². The SMILES string of the molecule is O=C(O)c1cc(-c2ccc(NCC(O)CCl)cc2)nc2ccccc12. The topological polar surface area (TPSA) is 82.5 Å². The second-order valence-corrected chi connectivity index (χ2v) is 5.95. The quantitative estimate of drug-likeness (QED) is 0.588. The molecule has 1 aromatic heterocycles. The van der Waals surface area contributed by atoms with Crippen LogP contribution in [0.1, 0.15) is 10.4 Å². The third-order valence-corrected chi connectivity index (χ3v) is 4.20. The zero-order chi connectivity index (χ0) is 17.8. The van der Waals surface area contributed by atoms with Crippen LogP contribution in [0, 0.1) is 0 Å². The van der Waals surface area contributed by atoms with Crippen LogP contribution in [-0.2, 0) is 0 Å². The van der Waals surface area contributed by atoms with Gasteiger partial charge in [0.05, 0.1) is 28.8 Å². The van der Waals surface area contributed by atoms with Crippen molar-refractivity contribution in [3.8, 4) is 11.3 Å². The van der Waals surface area contributed by atoms with Gasteiger partial charge in [0, 0.05) is 23.2 Å². The minimum Gasteiger partial charge on any atom is -0.478 e. The first kappa shape index (κ1) is 17.2. The number of alkyl halides is 1. The van der Waals surface area contributed by atoms with Crippen molar-refractivity contribution in [2.45, 2.75) is 6.10 Å². The molecule has 0 saturated heterocycles. The minimum absolute atomic E-state index is 0.171. The van der Waals surface area contributed by atoms with Crippen molar-refractivity contribution in [1.29, 1.82) is 0 Å². The number of nitrogens with zero attached hydrogens (tertiary/aromatic N) is 1.